The second kappa shape index (κ2) is 21.9. The van der Waals surface area contributed by atoms with Gasteiger partial charge in [0, 0.05) is 24.3 Å². The van der Waals surface area contributed by atoms with E-state index in [4.69, 9.17) is 21.1 Å². The first-order valence-electron chi connectivity index (χ1n) is 13.7. The van der Waals surface area contributed by atoms with Crippen LogP contribution in [-0.4, -0.2) is 25.2 Å². The van der Waals surface area contributed by atoms with Crippen LogP contribution in [0.1, 0.15) is 122 Å². The molecule has 0 aromatic heterocycles. The third-order valence-electron chi connectivity index (χ3n) is 6.09. The molecule has 0 saturated carbocycles. The Morgan fingerprint density at radius 3 is 1.59 bits per heavy atom. The van der Waals surface area contributed by atoms with Crippen LogP contribution in [0.3, 0.4) is 0 Å². The van der Waals surface area contributed by atoms with Gasteiger partial charge in [-0.3, -0.25) is 9.59 Å². The molecule has 0 spiro atoms. The van der Waals surface area contributed by atoms with Crippen LogP contribution < -0.4 is 0 Å². The number of benzene rings is 1. The van der Waals surface area contributed by atoms with E-state index in [1.54, 1.807) is 0 Å². The standard InChI is InChI=1S/C29H47ClO4/c1-2-3-4-5-6-7-10-13-16-24-33-28(31)17-14-11-8-9-12-15-18-29(32)34-25-23-26-19-21-27(30)22-20-26/h19-22H,2-18,23-25H2,1H3. The Morgan fingerprint density at radius 2 is 1.06 bits per heavy atom. The van der Waals surface area contributed by atoms with Gasteiger partial charge in [0.25, 0.3) is 0 Å². The first-order chi connectivity index (χ1) is 16.6. The lowest BCUT2D eigenvalue weighted by Gasteiger charge is -2.06. The van der Waals surface area contributed by atoms with Gasteiger partial charge in [-0.15, -0.1) is 0 Å². The van der Waals surface area contributed by atoms with Crippen molar-refractivity contribution in [3.63, 3.8) is 0 Å². The molecule has 0 N–H and O–H groups in total. The third-order valence-corrected chi connectivity index (χ3v) is 6.34. The minimum absolute atomic E-state index is 0.0547. The fourth-order valence-electron chi connectivity index (χ4n) is 3.92. The normalized spacial score (nSPS) is 10.9. The molecule has 0 aliphatic rings. The molecule has 0 heterocycles. The van der Waals surface area contributed by atoms with Crippen LogP contribution in [0.5, 0.6) is 0 Å². The second-order valence-corrected chi connectivity index (χ2v) is 9.70. The predicted octanol–water partition coefficient (Wildman–Crippen LogP) is 8.62. The zero-order chi connectivity index (χ0) is 24.7. The van der Waals surface area contributed by atoms with Crippen LogP contribution in [0.25, 0.3) is 0 Å². The molecule has 0 saturated heterocycles. The summed E-state index contributed by atoms with van der Waals surface area (Å²) in [5, 5.41) is 0.713. The van der Waals surface area contributed by atoms with E-state index in [1.807, 2.05) is 24.3 Å². The van der Waals surface area contributed by atoms with Crippen LogP contribution in [-0.2, 0) is 25.5 Å². The highest BCUT2D eigenvalue weighted by molar-refractivity contribution is 6.30. The van der Waals surface area contributed by atoms with Crippen molar-refractivity contribution in [1.29, 1.82) is 0 Å². The highest BCUT2D eigenvalue weighted by Crippen LogP contribution is 2.12. The van der Waals surface area contributed by atoms with Crippen molar-refractivity contribution in [2.24, 2.45) is 0 Å². The number of esters is 2. The largest absolute Gasteiger partial charge is 0.466 e. The van der Waals surface area contributed by atoms with Gasteiger partial charge in [-0.2, -0.15) is 0 Å². The zero-order valence-electron chi connectivity index (χ0n) is 21.5. The number of carbonyl (C=O) groups excluding carboxylic acids is 2. The van der Waals surface area contributed by atoms with Gasteiger partial charge in [0.05, 0.1) is 13.2 Å². The number of ether oxygens (including phenoxy) is 2. The monoisotopic (exact) mass is 494 g/mol. The van der Waals surface area contributed by atoms with Crippen LogP contribution >= 0.6 is 11.6 Å². The molecule has 0 aliphatic heterocycles. The molecule has 0 radical (unpaired) electrons. The van der Waals surface area contributed by atoms with Crippen LogP contribution in [0.15, 0.2) is 24.3 Å². The maximum absolute atomic E-state index is 11.8. The average Bonchev–Trinajstić information content (AvgIpc) is 2.83. The van der Waals surface area contributed by atoms with E-state index in [1.165, 1.54) is 44.9 Å². The van der Waals surface area contributed by atoms with Gasteiger partial charge in [-0.1, -0.05) is 108 Å². The van der Waals surface area contributed by atoms with Crippen molar-refractivity contribution in [3.05, 3.63) is 34.9 Å². The fraction of sp³-hybridized carbons (Fsp3) is 0.724. The van der Waals surface area contributed by atoms with Gasteiger partial charge in [-0.25, -0.2) is 0 Å². The Morgan fingerprint density at radius 1 is 0.618 bits per heavy atom. The van der Waals surface area contributed by atoms with Crippen molar-refractivity contribution < 1.29 is 19.1 Å². The van der Waals surface area contributed by atoms with Crippen LogP contribution in [0, 0.1) is 0 Å². The van der Waals surface area contributed by atoms with E-state index in [9.17, 15) is 9.59 Å². The number of halogens is 1. The smallest absolute Gasteiger partial charge is 0.305 e. The van der Waals surface area contributed by atoms with Crippen LogP contribution in [0.4, 0.5) is 0 Å². The first kappa shape index (κ1) is 30.5. The molecular formula is C29H47ClO4. The summed E-state index contributed by atoms with van der Waals surface area (Å²) < 4.78 is 10.6. The summed E-state index contributed by atoms with van der Waals surface area (Å²) in [7, 11) is 0. The van der Waals surface area contributed by atoms with Gasteiger partial charge >= 0.3 is 11.9 Å². The minimum Gasteiger partial charge on any atom is -0.466 e. The topological polar surface area (TPSA) is 52.6 Å². The number of hydrogen-bond donors (Lipinski definition) is 0. The van der Waals surface area contributed by atoms with Gasteiger partial charge in [0.15, 0.2) is 0 Å². The van der Waals surface area contributed by atoms with E-state index in [-0.39, 0.29) is 11.9 Å². The summed E-state index contributed by atoms with van der Waals surface area (Å²) in [6.07, 6.45) is 19.2. The average molecular weight is 495 g/mol. The zero-order valence-corrected chi connectivity index (χ0v) is 22.2. The summed E-state index contributed by atoms with van der Waals surface area (Å²) in [4.78, 5) is 23.6. The predicted molar refractivity (Wildman–Crippen MR) is 141 cm³/mol. The molecule has 0 fully saturated rings. The lowest BCUT2D eigenvalue weighted by atomic mass is 10.1. The summed E-state index contributed by atoms with van der Waals surface area (Å²) >= 11 is 5.86. The minimum atomic E-state index is -0.122. The molecule has 0 atom stereocenters. The molecule has 0 amide bonds. The SMILES string of the molecule is CCCCCCCCCCCOC(=O)CCCCCCCCC(=O)OCCc1ccc(Cl)cc1. The Kier molecular flexibility index (Phi) is 19.7. The molecule has 1 rings (SSSR count). The van der Waals surface area contributed by atoms with Crippen LogP contribution in [0.2, 0.25) is 5.02 Å². The van der Waals surface area contributed by atoms with Crippen molar-refractivity contribution >= 4 is 23.5 Å². The number of rotatable bonds is 22. The Balaban J connectivity index is 1.81. The molecule has 0 bridgehead atoms. The van der Waals surface area contributed by atoms with Gasteiger partial charge in [0.1, 0.15) is 0 Å². The first-order valence-corrected chi connectivity index (χ1v) is 14.0. The van der Waals surface area contributed by atoms with Gasteiger partial charge in [-0.05, 0) is 37.0 Å². The fourth-order valence-corrected chi connectivity index (χ4v) is 4.05. The van der Waals surface area contributed by atoms with E-state index in [0.29, 0.717) is 37.5 Å². The van der Waals surface area contributed by atoms with Gasteiger partial charge in [0.2, 0.25) is 0 Å². The lowest BCUT2D eigenvalue weighted by molar-refractivity contribution is -0.144. The molecular weight excluding hydrogens is 448 g/mol. The maximum atomic E-state index is 11.8. The van der Waals surface area contributed by atoms with E-state index in [0.717, 1.165) is 56.9 Å². The lowest BCUT2D eigenvalue weighted by Crippen LogP contribution is -2.07. The maximum Gasteiger partial charge on any atom is 0.305 e. The highest BCUT2D eigenvalue weighted by Gasteiger charge is 2.05. The molecule has 0 unspecified atom stereocenters. The summed E-state index contributed by atoms with van der Waals surface area (Å²) in [6.45, 7) is 3.23. The number of hydrogen-bond acceptors (Lipinski definition) is 4. The molecule has 1 aromatic carbocycles. The van der Waals surface area contributed by atoms with Crippen molar-refractivity contribution in [2.45, 2.75) is 122 Å². The number of unbranched alkanes of at least 4 members (excludes halogenated alkanes) is 13. The Labute approximate surface area is 213 Å². The Hall–Kier alpha value is -1.55. The molecule has 5 heteroatoms. The van der Waals surface area contributed by atoms with E-state index < -0.39 is 0 Å². The van der Waals surface area contributed by atoms with Gasteiger partial charge < -0.3 is 9.47 Å². The number of carbonyl (C=O) groups is 2. The second-order valence-electron chi connectivity index (χ2n) is 9.27. The molecule has 4 nitrogen and oxygen atoms in total. The summed E-state index contributed by atoms with van der Waals surface area (Å²) in [5.74, 6) is -0.176. The van der Waals surface area contributed by atoms with E-state index >= 15 is 0 Å². The quantitative estimate of drug-likeness (QED) is 0.119. The van der Waals surface area contributed by atoms with E-state index in [2.05, 4.69) is 6.92 Å². The highest BCUT2D eigenvalue weighted by atomic mass is 35.5. The molecule has 0 aliphatic carbocycles. The molecule has 34 heavy (non-hydrogen) atoms. The molecule has 1 aromatic rings. The third kappa shape index (κ3) is 18.8. The van der Waals surface area contributed by atoms with Crippen molar-refractivity contribution in [1.82, 2.24) is 0 Å². The Bertz CT molecular complexity index is 630. The summed E-state index contributed by atoms with van der Waals surface area (Å²) in [6, 6.07) is 7.60. The summed E-state index contributed by atoms with van der Waals surface area (Å²) in [5.41, 5.74) is 1.12. The van der Waals surface area contributed by atoms with Crippen molar-refractivity contribution in [2.75, 3.05) is 13.2 Å². The van der Waals surface area contributed by atoms with Crippen molar-refractivity contribution in [3.8, 4) is 0 Å². The molecule has 194 valence electrons.